The van der Waals surface area contributed by atoms with Gasteiger partial charge < -0.3 is 15.5 Å². The molecule has 156 valence electrons. The zero-order chi connectivity index (χ0) is 21.5. The quantitative estimate of drug-likeness (QED) is 0.815. The van der Waals surface area contributed by atoms with Crippen molar-refractivity contribution in [1.29, 1.82) is 0 Å². The molecular weight excluding hydrogens is 385 g/mol. The third kappa shape index (κ3) is 3.44. The third-order valence-electron chi connectivity index (χ3n) is 5.81. The monoisotopic (exact) mass is 409 g/mol. The van der Waals surface area contributed by atoms with Gasteiger partial charge in [-0.25, -0.2) is 4.39 Å². The van der Waals surface area contributed by atoms with Crippen LogP contribution in [0.15, 0.2) is 48.5 Å². The van der Waals surface area contributed by atoms with E-state index < -0.39 is 23.2 Å². The number of likely N-dealkylation sites (tertiary alicyclic amines) is 1. The first-order chi connectivity index (χ1) is 14.3. The first-order valence-corrected chi connectivity index (χ1v) is 10.1. The van der Waals surface area contributed by atoms with Gasteiger partial charge in [-0.15, -0.1) is 0 Å². The molecule has 4 rings (SSSR count). The molecule has 6 nitrogen and oxygen atoms in total. The SMILES string of the molecule is CC(C)NC(=O)[C@@H]1CN(C(=O)c2ccccc2F)C[C@]12Cc1ccccc1C(=O)N2. The maximum absolute atomic E-state index is 14.2. The van der Waals surface area contributed by atoms with Crippen molar-refractivity contribution in [2.24, 2.45) is 5.92 Å². The van der Waals surface area contributed by atoms with Crippen LogP contribution in [0.5, 0.6) is 0 Å². The molecule has 2 aliphatic rings. The predicted molar refractivity (Wildman–Crippen MR) is 109 cm³/mol. The van der Waals surface area contributed by atoms with Crippen LogP contribution in [-0.4, -0.2) is 47.3 Å². The molecule has 2 aromatic rings. The standard InChI is InChI=1S/C23H24FN3O3/c1-14(2)25-21(29)18-12-27(22(30)17-9-5-6-10-19(17)24)13-23(18)11-15-7-3-4-8-16(15)20(28)26-23/h3-10,14,18H,11-13H2,1-2H3,(H,25,29)(H,26,28)/t18-,23+/m0/s1. The van der Waals surface area contributed by atoms with Gasteiger partial charge in [0.2, 0.25) is 5.91 Å². The summed E-state index contributed by atoms with van der Waals surface area (Å²) in [6, 6.07) is 13.0. The Morgan fingerprint density at radius 3 is 2.60 bits per heavy atom. The summed E-state index contributed by atoms with van der Waals surface area (Å²) in [4.78, 5) is 40.4. The number of carbonyl (C=O) groups is 3. The number of nitrogens with zero attached hydrogens (tertiary/aromatic N) is 1. The topological polar surface area (TPSA) is 78.5 Å². The van der Waals surface area contributed by atoms with Crippen LogP contribution in [0.25, 0.3) is 0 Å². The fraction of sp³-hybridized carbons (Fsp3) is 0.348. The lowest BCUT2D eigenvalue weighted by atomic mass is 9.77. The van der Waals surface area contributed by atoms with Crippen molar-refractivity contribution in [1.82, 2.24) is 15.5 Å². The molecular formula is C23H24FN3O3. The molecule has 3 amide bonds. The molecule has 0 saturated carbocycles. The van der Waals surface area contributed by atoms with E-state index in [1.807, 2.05) is 26.0 Å². The van der Waals surface area contributed by atoms with Crippen molar-refractivity contribution < 1.29 is 18.8 Å². The van der Waals surface area contributed by atoms with Gasteiger partial charge in [0.05, 0.1) is 17.0 Å². The van der Waals surface area contributed by atoms with Crippen LogP contribution in [0.2, 0.25) is 0 Å². The second-order valence-corrected chi connectivity index (χ2v) is 8.33. The number of carbonyl (C=O) groups excluding carboxylic acids is 3. The van der Waals surface area contributed by atoms with Crippen molar-refractivity contribution >= 4 is 17.7 Å². The van der Waals surface area contributed by atoms with Gasteiger partial charge in [0.15, 0.2) is 0 Å². The highest BCUT2D eigenvalue weighted by atomic mass is 19.1. The van der Waals surface area contributed by atoms with Crippen molar-refractivity contribution in [3.05, 3.63) is 71.0 Å². The lowest BCUT2D eigenvalue weighted by Gasteiger charge is -2.39. The van der Waals surface area contributed by atoms with Gasteiger partial charge in [0.1, 0.15) is 5.82 Å². The minimum Gasteiger partial charge on any atom is -0.354 e. The van der Waals surface area contributed by atoms with E-state index >= 15 is 0 Å². The minimum absolute atomic E-state index is 0.0416. The summed E-state index contributed by atoms with van der Waals surface area (Å²) in [5.41, 5.74) is 0.430. The summed E-state index contributed by atoms with van der Waals surface area (Å²) >= 11 is 0. The Labute approximate surface area is 174 Å². The zero-order valence-corrected chi connectivity index (χ0v) is 16.9. The van der Waals surface area contributed by atoms with Crippen LogP contribution in [-0.2, 0) is 11.2 Å². The fourth-order valence-corrected chi connectivity index (χ4v) is 4.47. The van der Waals surface area contributed by atoms with E-state index in [0.717, 1.165) is 5.56 Å². The molecule has 2 heterocycles. The normalized spacial score (nSPS) is 22.7. The molecule has 0 radical (unpaired) electrons. The van der Waals surface area contributed by atoms with Crippen LogP contribution in [0.1, 0.15) is 40.1 Å². The Kier molecular flexibility index (Phi) is 5.05. The highest BCUT2D eigenvalue weighted by Gasteiger charge is 2.54. The van der Waals surface area contributed by atoms with Gasteiger partial charge in [0, 0.05) is 24.7 Å². The van der Waals surface area contributed by atoms with Gasteiger partial charge >= 0.3 is 0 Å². The maximum atomic E-state index is 14.2. The molecule has 1 saturated heterocycles. The predicted octanol–water partition coefficient (Wildman–Crippen LogP) is 2.15. The number of benzene rings is 2. The molecule has 0 unspecified atom stereocenters. The number of halogens is 1. The van der Waals surface area contributed by atoms with E-state index in [1.54, 1.807) is 18.2 Å². The van der Waals surface area contributed by atoms with Crippen LogP contribution < -0.4 is 10.6 Å². The zero-order valence-electron chi connectivity index (χ0n) is 16.9. The Morgan fingerprint density at radius 2 is 1.87 bits per heavy atom. The summed E-state index contributed by atoms with van der Waals surface area (Å²) in [5.74, 6) is -2.23. The Bertz CT molecular complexity index is 1020. The average molecular weight is 409 g/mol. The number of fused-ring (bicyclic) bond motifs is 1. The Hall–Kier alpha value is -3.22. The highest BCUT2D eigenvalue weighted by molar-refractivity contribution is 5.99. The fourth-order valence-electron chi connectivity index (χ4n) is 4.47. The van der Waals surface area contributed by atoms with Gasteiger partial charge in [-0.1, -0.05) is 30.3 Å². The van der Waals surface area contributed by atoms with Gasteiger partial charge in [-0.05, 0) is 44.0 Å². The van der Waals surface area contributed by atoms with Crippen LogP contribution in [0, 0.1) is 11.7 Å². The number of hydrogen-bond donors (Lipinski definition) is 2. The smallest absolute Gasteiger partial charge is 0.256 e. The minimum atomic E-state index is -0.939. The van der Waals surface area contributed by atoms with Crippen LogP contribution in [0.4, 0.5) is 4.39 Å². The number of nitrogens with one attached hydrogen (secondary N) is 2. The summed E-state index contributed by atoms with van der Waals surface area (Å²) in [6.07, 6.45) is 0.423. The summed E-state index contributed by atoms with van der Waals surface area (Å²) < 4.78 is 14.2. The number of hydrogen-bond acceptors (Lipinski definition) is 3. The first kappa shape index (κ1) is 20.1. The molecule has 1 spiro atoms. The van der Waals surface area contributed by atoms with Gasteiger partial charge in [0.25, 0.3) is 11.8 Å². The van der Waals surface area contributed by atoms with E-state index in [1.165, 1.54) is 23.1 Å². The average Bonchev–Trinajstić information content (AvgIpc) is 3.06. The molecule has 2 atom stereocenters. The molecule has 2 N–H and O–H groups in total. The van der Waals surface area contributed by atoms with E-state index in [2.05, 4.69) is 10.6 Å². The van der Waals surface area contributed by atoms with Crippen LogP contribution >= 0.6 is 0 Å². The lowest BCUT2D eigenvalue weighted by Crippen LogP contribution is -2.62. The Morgan fingerprint density at radius 1 is 1.17 bits per heavy atom. The highest BCUT2D eigenvalue weighted by Crippen LogP contribution is 2.36. The van der Waals surface area contributed by atoms with E-state index in [-0.39, 0.29) is 36.5 Å². The maximum Gasteiger partial charge on any atom is 0.256 e. The van der Waals surface area contributed by atoms with Crippen molar-refractivity contribution in [3.8, 4) is 0 Å². The summed E-state index contributed by atoms with van der Waals surface area (Å²) in [6.45, 7) is 3.96. The van der Waals surface area contributed by atoms with Gasteiger partial charge in [-0.3, -0.25) is 14.4 Å². The Balaban J connectivity index is 1.71. The lowest BCUT2D eigenvalue weighted by molar-refractivity contribution is -0.126. The number of rotatable bonds is 3. The molecule has 0 aromatic heterocycles. The van der Waals surface area contributed by atoms with E-state index in [4.69, 9.17) is 0 Å². The van der Waals surface area contributed by atoms with E-state index in [0.29, 0.717) is 12.0 Å². The third-order valence-corrected chi connectivity index (χ3v) is 5.81. The van der Waals surface area contributed by atoms with Gasteiger partial charge in [-0.2, -0.15) is 0 Å². The molecule has 2 aliphatic heterocycles. The molecule has 7 heteroatoms. The van der Waals surface area contributed by atoms with Crippen molar-refractivity contribution in [2.75, 3.05) is 13.1 Å². The summed E-state index contributed by atoms with van der Waals surface area (Å²) in [7, 11) is 0. The largest absolute Gasteiger partial charge is 0.354 e. The van der Waals surface area contributed by atoms with Crippen molar-refractivity contribution in [2.45, 2.75) is 31.8 Å². The molecule has 2 aromatic carbocycles. The number of amides is 3. The van der Waals surface area contributed by atoms with E-state index in [9.17, 15) is 18.8 Å². The molecule has 0 bridgehead atoms. The second kappa shape index (κ2) is 7.55. The summed E-state index contributed by atoms with van der Waals surface area (Å²) in [5, 5.41) is 5.92. The molecule has 1 fully saturated rings. The van der Waals surface area contributed by atoms with Crippen molar-refractivity contribution in [3.63, 3.8) is 0 Å². The first-order valence-electron chi connectivity index (χ1n) is 10.1. The van der Waals surface area contributed by atoms with Crippen LogP contribution in [0.3, 0.4) is 0 Å². The molecule has 0 aliphatic carbocycles. The second-order valence-electron chi connectivity index (χ2n) is 8.33. The molecule has 30 heavy (non-hydrogen) atoms.